The van der Waals surface area contributed by atoms with Gasteiger partial charge in [-0.15, -0.1) is 0 Å². The third-order valence-corrected chi connectivity index (χ3v) is 4.12. The molecule has 3 N–H and O–H groups in total. The van der Waals surface area contributed by atoms with E-state index in [4.69, 9.17) is 5.21 Å². The summed E-state index contributed by atoms with van der Waals surface area (Å²) in [5.41, 5.74) is 2.56. The lowest BCUT2D eigenvalue weighted by Crippen LogP contribution is -2.41. The van der Waals surface area contributed by atoms with Crippen LogP contribution in [0.15, 0.2) is 65.6 Å². The van der Waals surface area contributed by atoms with E-state index in [-0.39, 0.29) is 5.91 Å². The minimum Gasteiger partial charge on any atom is -0.337 e. The van der Waals surface area contributed by atoms with E-state index < -0.39 is 10.8 Å². The average Bonchev–Trinajstić information content (AvgIpc) is 2.66. The van der Waals surface area contributed by atoms with Gasteiger partial charge in [-0.2, -0.15) is 0 Å². The van der Waals surface area contributed by atoms with E-state index in [0.29, 0.717) is 4.90 Å². The fourth-order valence-corrected chi connectivity index (χ4v) is 2.61. The fourth-order valence-electron chi connectivity index (χ4n) is 2.08. The zero-order chi connectivity index (χ0) is 19.7. The molecule has 0 heterocycles. The lowest BCUT2D eigenvalue weighted by atomic mass is 10.1. The zero-order valence-electron chi connectivity index (χ0n) is 15.0. The molecule has 0 spiro atoms. The summed E-state index contributed by atoms with van der Waals surface area (Å²) < 4.78 is 0. The highest BCUT2D eigenvalue weighted by Gasteiger charge is 2.15. The molecule has 27 heavy (non-hydrogen) atoms. The van der Waals surface area contributed by atoms with Crippen molar-refractivity contribution < 1.29 is 14.8 Å². The number of hydroxylamine groups is 1. The van der Waals surface area contributed by atoms with Crippen LogP contribution in [-0.2, 0) is 4.79 Å². The van der Waals surface area contributed by atoms with Crippen molar-refractivity contribution in [3.8, 4) is 11.8 Å². The smallest absolute Gasteiger partial charge is 0.307 e. The van der Waals surface area contributed by atoms with Gasteiger partial charge in [0, 0.05) is 16.5 Å². The molecular formula is C21H20N2O3S. The van der Waals surface area contributed by atoms with Crippen LogP contribution in [-0.4, -0.2) is 21.9 Å². The first kappa shape index (κ1) is 20.3. The van der Waals surface area contributed by atoms with Gasteiger partial charge in [0.2, 0.25) is 5.91 Å². The highest BCUT2D eigenvalue weighted by atomic mass is 32.2. The molecule has 0 atom stereocenters. The van der Waals surface area contributed by atoms with Crippen LogP contribution in [0.1, 0.15) is 25.0 Å². The summed E-state index contributed by atoms with van der Waals surface area (Å²) in [6.07, 6.45) is 3.23. The summed E-state index contributed by atoms with van der Waals surface area (Å²) in [7, 11) is 0. The van der Waals surface area contributed by atoms with Gasteiger partial charge in [0.1, 0.15) is 0 Å². The van der Waals surface area contributed by atoms with Crippen LogP contribution in [0.25, 0.3) is 6.08 Å². The second kappa shape index (κ2) is 9.62. The molecule has 0 bridgehead atoms. The van der Waals surface area contributed by atoms with Crippen molar-refractivity contribution in [1.29, 1.82) is 0 Å². The molecule has 6 heteroatoms. The number of benzene rings is 2. The maximum absolute atomic E-state index is 12.1. The van der Waals surface area contributed by atoms with Gasteiger partial charge in [0.15, 0.2) is 0 Å². The Morgan fingerprint density at radius 1 is 1.07 bits per heavy atom. The molecule has 0 aliphatic rings. The molecule has 0 aliphatic heterocycles. The Balaban J connectivity index is 1.96. The van der Waals surface area contributed by atoms with E-state index in [1.165, 1.54) is 6.08 Å². The van der Waals surface area contributed by atoms with Gasteiger partial charge in [-0.1, -0.05) is 42.2 Å². The molecule has 138 valence electrons. The van der Waals surface area contributed by atoms with Crippen LogP contribution in [0.5, 0.6) is 0 Å². The number of thioether (sulfide) groups is 1. The van der Waals surface area contributed by atoms with E-state index in [0.717, 1.165) is 22.9 Å². The Bertz CT molecular complexity index is 879. The number of hydrogen-bond donors (Lipinski definition) is 3. The number of nitrogens with one attached hydrogen (secondary N) is 2. The highest BCUT2D eigenvalue weighted by molar-refractivity contribution is 8.13. The summed E-state index contributed by atoms with van der Waals surface area (Å²) in [6, 6.07) is 16.6. The Hall–Kier alpha value is -3.01. The van der Waals surface area contributed by atoms with Gasteiger partial charge < -0.3 is 5.32 Å². The van der Waals surface area contributed by atoms with Crippen molar-refractivity contribution >= 4 is 29.0 Å². The molecule has 0 radical (unpaired) electrons. The first-order valence-electron chi connectivity index (χ1n) is 8.18. The first-order valence-corrected chi connectivity index (χ1v) is 9.00. The van der Waals surface area contributed by atoms with E-state index in [1.54, 1.807) is 35.8 Å². The Kier molecular flexibility index (Phi) is 7.24. The fraction of sp³-hybridized carbons (Fsp3) is 0.143. The number of hydrogen-bond acceptors (Lipinski definition) is 4. The highest BCUT2D eigenvalue weighted by Crippen LogP contribution is 2.18. The minimum atomic E-state index is -0.706. The van der Waals surface area contributed by atoms with Crippen LogP contribution in [0, 0.1) is 11.8 Å². The number of rotatable bonds is 4. The maximum Gasteiger partial charge on any atom is 0.307 e. The van der Waals surface area contributed by atoms with E-state index in [2.05, 4.69) is 17.2 Å². The van der Waals surface area contributed by atoms with Gasteiger partial charge >= 0.3 is 5.24 Å². The topological polar surface area (TPSA) is 78.4 Å². The Labute approximate surface area is 162 Å². The zero-order valence-corrected chi connectivity index (χ0v) is 15.8. The first-order chi connectivity index (χ1) is 12.9. The van der Waals surface area contributed by atoms with E-state index in [9.17, 15) is 9.59 Å². The quantitative estimate of drug-likeness (QED) is 0.248. The number of amides is 2. The van der Waals surface area contributed by atoms with Crippen LogP contribution in [0.2, 0.25) is 0 Å². The van der Waals surface area contributed by atoms with Crippen molar-refractivity contribution in [3.05, 3.63) is 71.8 Å². The molecule has 2 aromatic rings. The van der Waals surface area contributed by atoms with Crippen LogP contribution < -0.4 is 10.8 Å². The standard InChI is InChI=1S/C21H20N2O3S/c1-21(2,22-19(24)13-10-16-6-4-3-5-7-16)15-14-17-8-11-18(12-9-17)27-20(25)23-26/h3-13,26H,1-2H3,(H,22,24)(H,23,25)/b13-10+. The molecule has 0 unspecified atom stereocenters. The monoisotopic (exact) mass is 380 g/mol. The van der Waals surface area contributed by atoms with Crippen LogP contribution in [0.3, 0.4) is 0 Å². The van der Waals surface area contributed by atoms with E-state index >= 15 is 0 Å². The predicted molar refractivity (Wildman–Crippen MR) is 107 cm³/mol. The average molecular weight is 380 g/mol. The minimum absolute atomic E-state index is 0.222. The van der Waals surface area contributed by atoms with Crippen molar-refractivity contribution in [2.45, 2.75) is 24.3 Å². The number of carbonyl (C=O) groups is 2. The van der Waals surface area contributed by atoms with Gasteiger partial charge in [-0.25, -0.2) is 5.48 Å². The van der Waals surface area contributed by atoms with Gasteiger partial charge in [-0.05, 0) is 61.5 Å². The molecule has 2 amide bonds. The lowest BCUT2D eigenvalue weighted by molar-refractivity contribution is -0.117. The molecule has 0 aliphatic carbocycles. The molecule has 2 rings (SSSR count). The third kappa shape index (κ3) is 7.40. The van der Waals surface area contributed by atoms with Gasteiger partial charge in [0.05, 0.1) is 5.54 Å². The van der Waals surface area contributed by atoms with Crippen molar-refractivity contribution in [2.75, 3.05) is 0 Å². The van der Waals surface area contributed by atoms with Crippen molar-refractivity contribution in [3.63, 3.8) is 0 Å². The lowest BCUT2D eigenvalue weighted by Gasteiger charge is -2.18. The van der Waals surface area contributed by atoms with Crippen LogP contribution >= 0.6 is 11.8 Å². The maximum atomic E-state index is 12.1. The Morgan fingerprint density at radius 3 is 2.37 bits per heavy atom. The Morgan fingerprint density at radius 2 is 1.74 bits per heavy atom. The second-order valence-electron chi connectivity index (χ2n) is 6.13. The summed E-state index contributed by atoms with van der Waals surface area (Å²) in [6.45, 7) is 3.65. The normalized spacial score (nSPS) is 10.8. The SMILES string of the molecule is CC(C)(C#Cc1ccc(SC(=O)NO)cc1)NC(=O)/C=C/c1ccccc1. The van der Waals surface area contributed by atoms with E-state index in [1.807, 2.05) is 44.2 Å². The van der Waals surface area contributed by atoms with Gasteiger partial charge in [0.25, 0.3) is 0 Å². The molecule has 0 fully saturated rings. The van der Waals surface area contributed by atoms with Crippen LogP contribution in [0.4, 0.5) is 4.79 Å². The molecule has 5 nitrogen and oxygen atoms in total. The molecule has 0 saturated carbocycles. The molecular weight excluding hydrogens is 360 g/mol. The second-order valence-corrected chi connectivity index (χ2v) is 7.18. The summed E-state index contributed by atoms with van der Waals surface area (Å²) in [5, 5.41) is 10.8. The summed E-state index contributed by atoms with van der Waals surface area (Å²) >= 11 is 0.875. The third-order valence-electron chi connectivity index (χ3n) is 3.34. The summed E-state index contributed by atoms with van der Waals surface area (Å²) in [5.74, 6) is 5.82. The molecule has 2 aromatic carbocycles. The molecule has 0 aromatic heterocycles. The summed E-state index contributed by atoms with van der Waals surface area (Å²) in [4.78, 5) is 23.9. The molecule has 0 saturated heterocycles. The largest absolute Gasteiger partial charge is 0.337 e. The predicted octanol–water partition coefficient (Wildman–Crippen LogP) is 3.84. The number of carbonyl (C=O) groups excluding carboxylic acids is 2. The van der Waals surface area contributed by atoms with Crippen molar-refractivity contribution in [2.24, 2.45) is 0 Å². The van der Waals surface area contributed by atoms with Crippen molar-refractivity contribution in [1.82, 2.24) is 10.8 Å². The van der Waals surface area contributed by atoms with Gasteiger partial charge in [-0.3, -0.25) is 14.8 Å².